The van der Waals surface area contributed by atoms with Crippen LogP contribution in [0.15, 0.2) is 12.2 Å². The van der Waals surface area contributed by atoms with E-state index in [1.54, 1.807) is 13.8 Å². The van der Waals surface area contributed by atoms with E-state index in [-0.39, 0.29) is 17.3 Å². The van der Waals surface area contributed by atoms with Crippen LogP contribution in [0.5, 0.6) is 0 Å². The van der Waals surface area contributed by atoms with Crippen LogP contribution in [0.2, 0.25) is 0 Å². The van der Waals surface area contributed by atoms with Crippen LogP contribution in [-0.4, -0.2) is 23.3 Å². The summed E-state index contributed by atoms with van der Waals surface area (Å²) in [6, 6.07) is 0. The number of ether oxygens (including phenoxy) is 1. The first-order valence-corrected chi connectivity index (χ1v) is 7.26. The smallest absolute Gasteiger partial charge is 0.312 e. The van der Waals surface area contributed by atoms with Crippen LogP contribution in [-0.2, 0) is 9.53 Å². The first-order chi connectivity index (χ1) is 8.67. The lowest BCUT2D eigenvalue weighted by Gasteiger charge is -2.40. The molecule has 0 unspecified atom stereocenters. The Morgan fingerprint density at radius 1 is 1.47 bits per heavy atom. The van der Waals surface area contributed by atoms with Gasteiger partial charge in [0.15, 0.2) is 0 Å². The number of rotatable bonds is 3. The van der Waals surface area contributed by atoms with Crippen molar-refractivity contribution >= 4 is 5.97 Å². The van der Waals surface area contributed by atoms with Crippen LogP contribution in [0, 0.1) is 17.3 Å². The van der Waals surface area contributed by atoms with Crippen molar-refractivity contribution in [3.63, 3.8) is 0 Å². The van der Waals surface area contributed by atoms with Gasteiger partial charge in [0.25, 0.3) is 0 Å². The topological polar surface area (TPSA) is 46.5 Å². The molecule has 0 spiro atoms. The van der Waals surface area contributed by atoms with Gasteiger partial charge in [-0.25, -0.2) is 0 Å². The molecule has 1 N–H and O–H groups in total. The summed E-state index contributed by atoms with van der Waals surface area (Å²) in [7, 11) is 0. The lowest BCUT2D eigenvalue weighted by molar-refractivity contribution is -0.163. The predicted octanol–water partition coefficient (Wildman–Crippen LogP) is 3.32. The number of aliphatic hydroxyl groups is 1. The molecule has 0 aromatic rings. The van der Waals surface area contributed by atoms with Crippen LogP contribution in [0.4, 0.5) is 0 Å². The highest BCUT2D eigenvalue weighted by Gasteiger charge is 2.45. The molecular formula is C16H28O3. The van der Waals surface area contributed by atoms with Gasteiger partial charge >= 0.3 is 5.97 Å². The molecule has 0 aromatic heterocycles. The van der Waals surface area contributed by atoms with E-state index in [0.717, 1.165) is 12.8 Å². The van der Waals surface area contributed by atoms with Crippen molar-refractivity contribution in [1.82, 2.24) is 0 Å². The zero-order valence-corrected chi connectivity index (χ0v) is 12.9. The van der Waals surface area contributed by atoms with E-state index in [4.69, 9.17) is 4.74 Å². The van der Waals surface area contributed by atoms with Gasteiger partial charge in [0.2, 0.25) is 0 Å². The Morgan fingerprint density at radius 3 is 2.63 bits per heavy atom. The van der Waals surface area contributed by atoms with Gasteiger partial charge in [0.1, 0.15) is 0 Å². The predicted molar refractivity (Wildman–Crippen MR) is 76.7 cm³/mol. The minimum atomic E-state index is -0.961. The van der Waals surface area contributed by atoms with Gasteiger partial charge in [0, 0.05) is 0 Å². The summed E-state index contributed by atoms with van der Waals surface area (Å²) >= 11 is 0. The van der Waals surface area contributed by atoms with Crippen LogP contribution >= 0.6 is 0 Å². The van der Waals surface area contributed by atoms with Crippen molar-refractivity contribution in [2.75, 3.05) is 6.61 Å². The standard InChI is InChI=1S/C16H28O3/c1-6-19-14(17)13-12(9-11-15(2,3)4)8-7-10-16(13,5)18/h9,11-13,18H,6-8,10H2,1-5H3/b11-9+/t12-,13+,16+/m1/s1. The number of esters is 1. The molecule has 0 bridgehead atoms. The van der Waals surface area contributed by atoms with E-state index in [1.165, 1.54) is 0 Å². The van der Waals surface area contributed by atoms with Crippen molar-refractivity contribution in [2.45, 2.75) is 59.5 Å². The third kappa shape index (κ3) is 4.64. The number of carbonyl (C=O) groups excluding carboxylic acids is 1. The van der Waals surface area contributed by atoms with Crippen LogP contribution in [0.1, 0.15) is 53.9 Å². The van der Waals surface area contributed by atoms with Gasteiger partial charge in [-0.3, -0.25) is 4.79 Å². The van der Waals surface area contributed by atoms with Gasteiger partial charge in [-0.2, -0.15) is 0 Å². The molecule has 1 rings (SSSR count). The summed E-state index contributed by atoms with van der Waals surface area (Å²) < 4.78 is 5.15. The SMILES string of the molecule is CCOC(=O)[C@@H]1[C@@H](/C=C/C(C)(C)C)CCC[C@]1(C)O. The molecule has 0 amide bonds. The summed E-state index contributed by atoms with van der Waals surface area (Å²) in [6.45, 7) is 10.3. The maximum Gasteiger partial charge on any atom is 0.312 e. The van der Waals surface area contributed by atoms with E-state index in [0.29, 0.717) is 13.0 Å². The molecule has 0 aromatic carbocycles. The number of hydrogen-bond donors (Lipinski definition) is 1. The molecule has 0 heterocycles. The molecule has 3 atom stereocenters. The molecule has 0 saturated heterocycles. The Balaban J connectivity index is 2.93. The molecular weight excluding hydrogens is 240 g/mol. The largest absolute Gasteiger partial charge is 0.466 e. The molecule has 0 aliphatic heterocycles. The molecule has 1 fully saturated rings. The molecule has 1 saturated carbocycles. The molecule has 110 valence electrons. The fraction of sp³-hybridized carbons (Fsp3) is 0.812. The first kappa shape index (κ1) is 16.2. The zero-order chi connectivity index (χ0) is 14.7. The first-order valence-electron chi connectivity index (χ1n) is 7.26. The van der Waals surface area contributed by atoms with E-state index in [9.17, 15) is 9.90 Å². The molecule has 0 radical (unpaired) electrons. The second kappa shape index (κ2) is 6.08. The van der Waals surface area contributed by atoms with Crippen molar-refractivity contribution in [1.29, 1.82) is 0 Å². The Labute approximate surface area is 117 Å². The van der Waals surface area contributed by atoms with Gasteiger partial charge in [-0.05, 0) is 44.4 Å². The molecule has 1 aliphatic carbocycles. The summed E-state index contributed by atoms with van der Waals surface area (Å²) in [5, 5.41) is 10.5. The van der Waals surface area contributed by atoms with Gasteiger partial charge in [0.05, 0.1) is 18.1 Å². The Kier molecular flexibility index (Phi) is 5.19. The van der Waals surface area contributed by atoms with Gasteiger partial charge in [-0.15, -0.1) is 0 Å². The maximum atomic E-state index is 12.1. The highest BCUT2D eigenvalue weighted by Crippen LogP contribution is 2.40. The zero-order valence-electron chi connectivity index (χ0n) is 12.9. The Morgan fingerprint density at radius 2 is 2.11 bits per heavy atom. The fourth-order valence-corrected chi connectivity index (χ4v) is 2.76. The fourth-order valence-electron chi connectivity index (χ4n) is 2.76. The Hall–Kier alpha value is -0.830. The highest BCUT2D eigenvalue weighted by atomic mass is 16.5. The minimum Gasteiger partial charge on any atom is -0.466 e. The maximum absolute atomic E-state index is 12.1. The average Bonchev–Trinajstić information content (AvgIpc) is 2.24. The average molecular weight is 268 g/mol. The van der Waals surface area contributed by atoms with Crippen molar-refractivity contribution in [2.24, 2.45) is 17.3 Å². The number of hydrogen-bond acceptors (Lipinski definition) is 3. The normalized spacial score (nSPS) is 32.5. The van der Waals surface area contributed by atoms with E-state index >= 15 is 0 Å². The molecule has 3 heteroatoms. The van der Waals surface area contributed by atoms with Gasteiger partial charge < -0.3 is 9.84 Å². The van der Waals surface area contributed by atoms with E-state index in [2.05, 4.69) is 32.9 Å². The molecule has 1 aliphatic rings. The molecule has 19 heavy (non-hydrogen) atoms. The summed E-state index contributed by atoms with van der Waals surface area (Å²) in [4.78, 5) is 12.1. The lowest BCUT2D eigenvalue weighted by Crippen LogP contribution is -2.47. The van der Waals surface area contributed by atoms with Crippen LogP contribution in [0.25, 0.3) is 0 Å². The quantitative estimate of drug-likeness (QED) is 0.631. The van der Waals surface area contributed by atoms with Crippen LogP contribution in [0.3, 0.4) is 0 Å². The number of allylic oxidation sites excluding steroid dienone is 2. The second-order valence-electron chi connectivity index (χ2n) is 6.87. The third-order valence-electron chi connectivity index (χ3n) is 3.70. The summed E-state index contributed by atoms with van der Waals surface area (Å²) in [6.07, 6.45) is 6.77. The second-order valence-corrected chi connectivity index (χ2v) is 6.87. The van der Waals surface area contributed by atoms with Crippen molar-refractivity contribution in [3.8, 4) is 0 Å². The lowest BCUT2D eigenvalue weighted by atomic mass is 9.69. The van der Waals surface area contributed by atoms with E-state index < -0.39 is 11.5 Å². The monoisotopic (exact) mass is 268 g/mol. The molecule has 3 nitrogen and oxygen atoms in total. The minimum absolute atomic E-state index is 0.0713. The van der Waals surface area contributed by atoms with E-state index in [1.807, 2.05) is 0 Å². The third-order valence-corrected chi connectivity index (χ3v) is 3.70. The van der Waals surface area contributed by atoms with Crippen molar-refractivity contribution < 1.29 is 14.6 Å². The Bertz CT molecular complexity index is 336. The van der Waals surface area contributed by atoms with Gasteiger partial charge in [-0.1, -0.05) is 32.9 Å². The highest BCUT2D eigenvalue weighted by molar-refractivity contribution is 5.74. The van der Waals surface area contributed by atoms with Crippen LogP contribution < -0.4 is 0 Å². The van der Waals surface area contributed by atoms with Crippen molar-refractivity contribution in [3.05, 3.63) is 12.2 Å². The summed E-state index contributed by atoms with van der Waals surface area (Å²) in [5.74, 6) is -0.641. The number of carbonyl (C=O) groups is 1. The summed E-state index contributed by atoms with van der Waals surface area (Å²) in [5.41, 5.74) is -0.875.